The van der Waals surface area contributed by atoms with Crippen LogP contribution in [0.2, 0.25) is 0 Å². The van der Waals surface area contributed by atoms with Crippen LogP contribution in [0.15, 0.2) is 29.6 Å². The van der Waals surface area contributed by atoms with E-state index in [4.69, 9.17) is 4.74 Å². The van der Waals surface area contributed by atoms with E-state index in [1.165, 1.54) is 11.3 Å². The minimum Gasteiger partial charge on any atom is -0.493 e. The molecule has 0 fully saturated rings. The molecule has 1 unspecified atom stereocenters. The number of carbonyl (C=O) groups is 1. The number of nitrogens with zero attached hydrogens (tertiary/aromatic N) is 1. The number of benzene rings is 1. The Hall–Kier alpha value is -1.68. The Labute approximate surface area is 109 Å². The van der Waals surface area contributed by atoms with Gasteiger partial charge in [-0.15, -0.1) is 11.3 Å². The molecule has 0 radical (unpaired) electrons. The number of hydrogen-bond donors (Lipinski definition) is 0. The highest BCUT2D eigenvalue weighted by Crippen LogP contribution is 2.35. The lowest BCUT2D eigenvalue weighted by Gasteiger charge is -2.24. The van der Waals surface area contributed by atoms with E-state index in [1.54, 1.807) is 0 Å². The fraction of sp³-hybridized carbons (Fsp3) is 0.286. The molecular weight excluding hydrogens is 246 g/mol. The molecule has 92 valence electrons. The first kappa shape index (κ1) is 11.4. The van der Waals surface area contributed by atoms with Crippen molar-refractivity contribution in [1.29, 1.82) is 0 Å². The van der Waals surface area contributed by atoms with Crippen molar-refractivity contribution in [2.75, 3.05) is 6.61 Å². The van der Waals surface area contributed by atoms with Gasteiger partial charge in [0.25, 0.3) is 0 Å². The zero-order chi connectivity index (χ0) is 12.5. The van der Waals surface area contributed by atoms with E-state index in [9.17, 15) is 4.79 Å². The Kier molecular flexibility index (Phi) is 2.88. The Morgan fingerprint density at radius 1 is 1.44 bits per heavy atom. The SMILES string of the molecule is Cc1nc(C(=O)C2CCOc3ccccc32)cs1. The maximum Gasteiger partial charge on any atom is 0.189 e. The van der Waals surface area contributed by atoms with Gasteiger partial charge in [0.05, 0.1) is 17.5 Å². The summed E-state index contributed by atoms with van der Waals surface area (Å²) in [6.45, 7) is 2.51. The summed E-state index contributed by atoms with van der Waals surface area (Å²) in [7, 11) is 0. The molecule has 3 nitrogen and oxygen atoms in total. The third kappa shape index (κ3) is 1.93. The van der Waals surface area contributed by atoms with Gasteiger partial charge in [-0.3, -0.25) is 4.79 Å². The number of ether oxygens (including phenoxy) is 1. The van der Waals surface area contributed by atoms with E-state index in [-0.39, 0.29) is 11.7 Å². The summed E-state index contributed by atoms with van der Waals surface area (Å²) in [4.78, 5) is 16.8. The molecule has 0 spiro atoms. The molecular formula is C14H13NO2S. The van der Waals surface area contributed by atoms with Crippen LogP contribution in [0.5, 0.6) is 5.75 Å². The van der Waals surface area contributed by atoms with Gasteiger partial charge in [-0.25, -0.2) is 4.98 Å². The molecule has 3 rings (SSSR count). The van der Waals surface area contributed by atoms with Crippen molar-refractivity contribution < 1.29 is 9.53 Å². The number of thiazole rings is 1. The summed E-state index contributed by atoms with van der Waals surface area (Å²) < 4.78 is 5.57. The Morgan fingerprint density at radius 3 is 3.06 bits per heavy atom. The number of Topliss-reactive ketones (excluding diaryl/α,β-unsaturated/α-hetero) is 1. The van der Waals surface area contributed by atoms with Gasteiger partial charge in [0.1, 0.15) is 11.4 Å². The fourth-order valence-electron chi connectivity index (χ4n) is 2.27. The van der Waals surface area contributed by atoms with Crippen LogP contribution in [0.4, 0.5) is 0 Å². The molecule has 0 N–H and O–H groups in total. The Balaban J connectivity index is 1.96. The number of rotatable bonds is 2. The van der Waals surface area contributed by atoms with Crippen molar-refractivity contribution >= 4 is 17.1 Å². The van der Waals surface area contributed by atoms with Crippen molar-refractivity contribution in [3.8, 4) is 5.75 Å². The lowest BCUT2D eigenvalue weighted by Crippen LogP contribution is -2.21. The van der Waals surface area contributed by atoms with Crippen LogP contribution in [0.3, 0.4) is 0 Å². The molecule has 1 aromatic heterocycles. The molecule has 0 bridgehead atoms. The van der Waals surface area contributed by atoms with E-state index >= 15 is 0 Å². The molecule has 2 aromatic rings. The number of para-hydroxylation sites is 1. The predicted octanol–water partition coefficient (Wildman–Crippen LogP) is 3.20. The maximum atomic E-state index is 12.5. The molecule has 1 aliphatic heterocycles. The minimum absolute atomic E-state index is 0.107. The van der Waals surface area contributed by atoms with E-state index in [0.717, 1.165) is 22.7 Å². The molecule has 0 saturated carbocycles. The first-order valence-electron chi connectivity index (χ1n) is 5.94. The summed E-state index contributed by atoms with van der Waals surface area (Å²) in [5.74, 6) is 0.820. The highest BCUT2D eigenvalue weighted by molar-refractivity contribution is 7.09. The Morgan fingerprint density at radius 2 is 2.28 bits per heavy atom. The molecule has 1 atom stereocenters. The number of fused-ring (bicyclic) bond motifs is 1. The number of ketones is 1. The number of aromatic nitrogens is 1. The smallest absolute Gasteiger partial charge is 0.189 e. The summed E-state index contributed by atoms with van der Waals surface area (Å²) >= 11 is 1.51. The molecule has 1 aliphatic rings. The summed E-state index contributed by atoms with van der Waals surface area (Å²) in [5, 5.41) is 2.77. The topological polar surface area (TPSA) is 39.2 Å². The van der Waals surface area contributed by atoms with Crippen molar-refractivity contribution in [3.05, 3.63) is 45.9 Å². The van der Waals surface area contributed by atoms with Crippen molar-refractivity contribution in [1.82, 2.24) is 4.98 Å². The van der Waals surface area contributed by atoms with Crippen LogP contribution in [0.1, 0.15) is 33.4 Å². The molecule has 0 amide bonds. The number of hydrogen-bond acceptors (Lipinski definition) is 4. The van der Waals surface area contributed by atoms with Crippen LogP contribution in [-0.2, 0) is 0 Å². The van der Waals surface area contributed by atoms with E-state index in [0.29, 0.717) is 12.3 Å². The maximum absolute atomic E-state index is 12.5. The standard InChI is InChI=1S/C14H13NO2S/c1-9-15-12(8-18-9)14(16)11-6-7-17-13-5-3-2-4-10(11)13/h2-5,8,11H,6-7H2,1H3. The van der Waals surface area contributed by atoms with Crippen LogP contribution in [-0.4, -0.2) is 17.4 Å². The van der Waals surface area contributed by atoms with Crippen LogP contribution >= 0.6 is 11.3 Å². The molecule has 18 heavy (non-hydrogen) atoms. The molecule has 0 aliphatic carbocycles. The van der Waals surface area contributed by atoms with Crippen molar-refractivity contribution in [2.24, 2.45) is 0 Å². The monoisotopic (exact) mass is 259 g/mol. The van der Waals surface area contributed by atoms with E-state index in [2.05, 4.69) is 4.98 Å². The molecule has 2 heterocycles. The number of carbonyl (C=O) groups excluding carboxylic acids is 1. The lowest BCUT2D eigenvalue weighted by molar-refractivity contribution is 0.0928. The van der Waals surface area contributed by atoms with Gasteiger partial charge in [-0.05, 0) is 19.4 Å². The van der Waals surface area contributed by atoms with Gasteiger partial charge in [-0.1, -0.05) is 18.2 Å². The van der Waals surface area contributed by atoms with E-state index < -0.39 is 0 Å². The second kappa shape index (κ2) is 4.53. The van der Waals surface area contributed by atoms with Gasteiger partial charge >= 0.3 is 0 Å². The average molecular weight is 259 g/mol. The van der Waals surface area contributed by atoms with Crippen LogP contribution in [0, 0.1) is 6.92 Å². The van der Waals surface area contributed by atoms with Crippen LogP contribution in [0.25, 0.3) is 0 Å². The highest BCUT2D eigenvalue weighted by atomic mass is 32.1. The normalized spacial score (nSPS) is 17.9. The zero-order valence-corrected chi connectivity index (χ0v) is 10.9. The van der Waals surface area contributed by atoms with Gasteiger partial charge in [-0.2, -0.15) is 0 Å². The van der Waals surface area contributed by atoms with Crippen molar-refractivity contribution in [2.45, 2.75) is 19.3 Å². The summed E-state index contributed by atoms with van der Waals surface area (Å²) in [5.41, 5.74) is 1.57. The van der Waals surface area contributed by atoms with Crippen molar-refractivity contribution in [3.63, 3.8) is 0 Å². The average Bonchev–Trinajstić information content (AvgIpc) is 2.84. The zero-order valence-electron chi connectivity index (χ0n) is 10.1. The third-order valence-corrected chi connectivity index (χ3v) is 3.92. The quantitative estimate of drug-likeness (QED) is 0.777. The third-order valence-electron chi connectivity index (χ3n) is 3.15. The van der Waals surface area contributed by atoms with Gasteiger partial charge in [0.15, 0.2) is 5.78 Å². The summed E-state index contributed by atoms with van der Waals surface area (Å²) in [6.07, 6.45) is 0.729. The van der Waals surface area contributed by atoms with Gasteiger partial charge < -0.3 is 4.74 Å². The van der Waals surface area contributed by atoms with Crippen LogP contribution < -0.4 is 4.74 Å². The fourth-order valence-corrected chi connectivity index (χ4v) is 2.87. The molecule has 0 saturated heterocycles. The first-order chi connectivity index (χ1) is 8.75. The molecule has 4 heteroatoms. The molecule has 1 aromatic carbocycles. The number of aryl methyl sites for hydroxylation is 1. The second-order valence-electron chi connectivity index (χ2n) is 4.34. The predicted molar refractivity (Wildman–Crippen MR) is 70.5 cm³/mol. The minimum atomic E-state index is -0.114. The van der Waals surface area contributed by atoms with Gasteiger partial charge in [0.2, 0.25) is 0 Å². The van der Waals surface area contributed by atoms with Gasteiger partial charge in [0, 0.05) is 10.9 Å². The van der Waals surface area contributed by atoms with E-state index in [1.807, 2.05) is 36.6 Å². The lowest BCUT2D eigenvalue weighted by atomic mass is 9.88. The Bertz CT molecular complexity index is 591. The second-order valence-corrected chi connectivity index (χ2v) is 5.41. The first-order valence-corrected chi connectivity index (χ1v) is 6.82. The highest BCUT2D eigenvalue weighted by Gasteiger charge is 2.29. The largest absolute Gasteiger partial charge is 0.493 e. The summed E-state index contributed by atoms with van der Waals surface area (Å²) in [6, 6.07) is 7.76.